The van der Waals surface area contributed by atoms with Crippen molar-refractivity contribution in [3.05, 3.63) is 23.8 Å². The molecule has 0 aliphatic rings. The van der Waals surface area contributed by atoms with E-state index in [0.29, 0.717) is 6.61 Å². The second-order valence-corrected chi connectivity index (χ2v) is 3.41. The van der Waals surface area contributed by atoms with Crippen LogP contribution >= 0.6 is 0 Å². The first-order valence-corrected chi connectivity index (χ1v) is 5.44. The van der Waals surface area contributed by atoms with Crippen LogP contribution in [0.1, 0.15) is 12.5 Å². The third kappa shape index (κ3) is 15.5. The average molecular weight is 347 g/mol. The van der Waals surface area contributed by atoms with Gasteiger partial charge in [-0.1, -0.05) is 0 Å². The van der Waals surface area contributed by atoms with Crippen molar-refractivity contribution in [1.82, 2.24) is 0 Å². The number of esters is 1. The first-order chi connectivity index (χ1) is 8.86. The summed E-state index contributed by atoms with van der Waals surface area (Å²) in [7, 11) is 0. The van der Waals surface area contributed by atoms with E-state index < -0.39 is 6.16 Å². The number of rotatable bonds is 4. The fourth-order valence-corrected chi connectivity index (χ4v) is 1.15. The first kappa shape index (κ1) is 26.7. The van der Waals surface area contributed by atoms with E-state index in [1.54, 1.807) is 32.0 Å². The number of benzene rings is 1. The molecule has 0 amide bonds. The maximum absolute atomic E-state index is 11.0. The van der Waals surface area contributed by atoms with Crippen molar-refractivity contribution in [3.63, 3.8) is 0 Å². The molecule has 0 spiro atoms. The molecule has 0 heterocycles. The molecule has 7 nitrogen and oxygen atoms in total. The maximum Gasteiger partial charge on any atom is 1.00 e. The number of aryl methyl sites for hydroxylation is 1. The number of aromatic hydroxyl groups is 1. The number of hydrogen-bond donors (Lipinski definition) is 2. The van der Waals surface area contributed by atoms with Gasteiger partial charge in [-0.05, 0) is 43.8 Å². The Kier molecular flexibility index (Phi) is 20.0. The molecule has 1 aromatic rings. The number of carbonyl (C=O) groups excluding carboxylic acids is 2. The van der Waals surface area contributed by atoms with Crippen LogP contribution in [-0.2, 0) is 9.53 Å². The summed E-state index contributed by atoms with van der Waals surface area (Å²) in [5, 5.41) is 28.9. The number of carbonyl (C=O) groups is 2. The summed E-state index contributed by atoms with van der Waals surface area (Å²) in [4.78, 5) is 19.4. The third-order valence-corrected chi connectivity index (χ3v) is 1.94. The van der Waals surface area contributed by atoms with E-state index >= 15 is 0 Å². The molecule has 0 fully saturated rings. The van der Waals surface area contributed by atoms with Crippen molar-refractivity contribution < 1.29 is 132 Å². The Morgan fingerprint density at radius 3 is 2.24 bits per heavy atom. The van der Waals surface area contributed by atoms with Gasteiger partial charge in [0.05, 0.1) is 6.61 Å². The average Bonchev–Trinajstić information content (AvgIpc) is 2.30. The monoisotopic (exact) mass is 347 g/mol. The Morgan fingerprint density at radius 1 is 1.29 bits per heavy atom. The Labute approximate surface area is 208 Å². The number of hydrogen-bond acceptors (Lipinski definition) is 7. The number of phenols is 1. The van der Waals surface area contributed by atoms with Gasteiger partial charge >= 0.3 is 109 Å². The number of ether oxygens (including phenoxy) is 1. The molecule has 0 saturated heterocycles. The van der Waals surface area contributed by atoms with Crippen molar-refractivity contribution in [1.29, 1.82) is 0 Å². The van der Waals surface area contributed by atoms with Crippen molar-refractivity contribution >= 4 is 17.8 Å². The molecule has 0 bridgehead atoms. The molecule has 1 aromatic carbocycles. The smallest absolute Gasteiger partial charge is 0.652 e. The Bertz CT molecular complexity index is 438. The topological polar surface area (TPSA) is 122 Å². The van der Waals surface area contributed by atoms with Gasteiger partial charge in [0.2, 0.25) is 0 Å². The summed E-state index contributed by atoms with van der Waals surface area (Å²) in [6.07, 6.45) is -2.33. The van der Waals surface area contributed by atoms with Gasteiger partial charge in [0.15, 0.2) is 0 Å². The van der Waals surface area contributed by atoms with E-state index in [1.165, 1.54) is 0 Å². The van der Waals surface area contributed by atoms with Gasteiger partial charge in [0.25, 0.3) is 0 Å². The predicted octanol–water partition coefficient (Wildman–Crippen LogP) is -6.76. The first-order valence-electron chi connectivity index (χ1n) is 5.44. The fourth-order valence-electron chi connectivity index (χ4n) is 1.15. The van der Waals surface area contributed by atoms with E-state index in [4.69, 9.17) is 19.7 Å². The zero-order valence-corrected chi connectivity index (χ0v) is 18.9. The number of anilines is 1. The van der Waals surface area contributed by atoms with Gasteiger partial charge in [-0.25, -0.2) is 0 Å². The molecule has 106 valence electrons. The normalized spacial score (nSPS) is 8.10. The minimum atomic E-state index is -2.33. The molecule has 0 aliphatic heterocycles. The van der Waals surface area contributed by atoms with Crippen LogP contribution in [0.25, 0.3) is 0 Å². The largest absolute Gasteiger partial charge is 1.00 e. The second kappa shape index (κ2) is 15.7. The van der Waals surface area contributed by atoms with Crippen LogP contribution in [0.15, 0.2) is 18.2 Å². The molecule has 2 N–H and O–H groups in total. The summed E-state index contributed by atoms with van der Waals surface area (Å²) in [6, 6.07) is 5.07. The summed E-state index contributed by atoms with van der Waals surface area (Å²) >= 11 is 0. The van der Waals surface area contributed by atoms with Crippen LogP contribution in [0.2, 0.25) is 0 Å². The van der Waals surface area contributed by atoms with E-state index in [2.05, 4.69) is 5.32 Å². The van der Waals surface area contributed by atoms with Crippen molar-refractivity contribution in [2.24, 2.45) is 0 Å². The summed E-state index contributed by atoms with van der Waals surface area (Å²) in [6.45, 7) is 4.08. The predicted molar refractivity (Wildman–Crippen MR) is 63.4 cm³/mol. The molecular weight excluding hydrogens is 332 g/mol. The number of carboxylic acid groups (broad SMARTS) is 2. The van der Waals surface area contributed by atoms with Gasteiger partial charge in [0.1, 0.15) is 12.3 Å². The number of nitrogens with one attached hydrogen (secondary N) is 1. The van der Waals surface area contributed by atoms with Crippen LogP contribution in [0, 0.1) is 6.92 Å². The standard InChI is InChI=1S/C11H15NO3.CH2O3.2K/c1-3-15-11(14)7-12-9-4-5-10(13)8(2)6-9;2-1(3)4;;/h4-6,12-13H,3,7H2,1-2H3;(H2,2,3,4);;/q;;2*+1/p-2. The maximum atomic E-state index is 11.0. The molecule has 0 radical (unpaired) electrons. The zero-order chi connectivity index (χ0) is 14.8. The van der Waals surface area contributed by atoms with Gasteiger partial charge in [-0.3, -0.25) is 4.79 Å². The van der Waals surface area contributed by atoms with Crippen molar-refractivity contribution in [2.45, 2.75) is 13.8 Å². The van der Waals surface area contributed by atoms with Gasteiger partial charge in [-0.15, -0.1) is 0 Å². The summed E-state index contributed by atoms with van der Waals surface area (Å²) in [5.41, 5.74) is 1.56. The molecule has 9 heteroatoms. The van der Waals surface area contributed by atoms with E-state index in [1.807, 2.05) is 0 Å². The zero-order valence-electron chi connectivity index (χ0n) is 12.6. The van der Waals surface area contributed by atoms with Crippen molar-refractivity contribution in [2.75, 3.05) is 18.5 Å². The molecule has 21 heavy (non-hydrogen) atoms. The third-order valence-electron chi connectivity index (χ3n) is 1.94. The second-order valence-electron chi connectivity index (χ2n) is 3.41. The molecule has 0 atom stereocenters. The van der Waals surface area contributed by atoms with Gasteiger partial charge < -0.3 is 30.2 Å². The molecule has 0 aliphatic carbocycles. The van der Waals surface area contributed by atoms with Crippen LogP contribution in [0.4, 0.5) is 10.5 Å². The minimum Gasteiger partial charge on any atom is -0.652 e. The summed E-state index contributed by atoms with van der Waals surface area (Å²) < 4.78 is 4.77. The Balaban J connectivity index is -0.000000482. The van der Waals surface area contributed by atoms with Crippen LogP contribution < -0.4 is 118 Å². The van der Waals surface area contributed by atoms with Crippen molar-refractivity contribution in [3.8, 4) is 5.75 Å². The molecule has 0 aromatic heterocycles. The summed E-state index contributed by atoms with van der Waals surface area (Å²) in [5.74, 6) is -0.0417. The molecule has 0 unspecified atom stereocenters. The molecule has 1 rings (SSSR count). The number of phenolic OH excluding ortho intramolecular Hbond substituents is 1. The molecular formula is C12H15K2NO6. The van der Waals surface area contributed by atoms with Crippen LogP contribution in [-0.4, -0.2) is 30.4 Å². The van der Waals surface area contributed by atoms with Gasteiger partial charge in [0, 0.05) is 5.69 Å². The quantitative estimate of drug-likeness (QED) is 0.315. The Morgan fingerprint density at radius 2 is 1.81 bits per heavy atom. The van der Waals surface area contributed by atoms with Gasteiger partial charge in [-0.2, -0.15) is 0 Å². The van der Waals surface area contributed by atoms with Crippen LogP contribution in [0.3, 0.4) is 0 Å². The van der Waals surface area contributed by atoms with E-state index in [-0.39, 0.29) is 121 Å². The van der Waals surface area contributed by atoms with E-state index in [9.17, 15) is 9.90 Å². The Hall–Kier alpha value is 0.833. The minimum absolute atomic E-state index is 0. The van der Waals surface area contributed by atoms with E-state index in [0.717, 1.165) is 11.3 Å². The fraction of sp³-hybridized carbons (Fsp3) is 0.333. The molecule has 0 saturated carbocycles. The van der Waals surface area contributed by atoms with Crippen LogP contribution in [0.5, 0.6) is 5.75 Å². The SMILES string of the molecule is CCOC(=O)CNc1ccc(O)c(C)c1.O=C([O-])[O-].[K+].[K+].